The number of likely N-dealkylation sites (tertiary alicyclic amines) is 4. The van der Waals surface area contributed by atoms with Crippen molar-refractivity contribution in [1.29, 1.82) is 0 Å². The molecule has 4 fully saturated rings. The van der Waals surface area contributed by atoms with Crippen LogP contribution in [0.25, 0.3) is 22.3 Å². The first-order valence-corrected chi connectivity index (χ1v) is 43.3. The van der Waals surface area contributed by atoms with Gasteiger partial charge in [0, 0.05) is 127 Å². The lowest BCUT2D eigenvalue weighted by Crippen LogP contribution is -2.42. The van der Waals surface area contributed by atoms with Crippen molar-refractivity contribution in [2.45, 2.75) is 144 Å². The molecule has 20 nitrogen and oxygen atoms in total. The van der Waals surface area contributed by atoms with Crippen LogP contribution in [-0.4, -0.2) is 193 Å². The minimum absolute atomic E-state index is 0. The fourth-order valence-electron chi connectivity index (χ4n) is 18.1. The number of rotatable bonds is 20. The first kappa shape index (κ1) is 94.7. The summed E-state index contributed by atoms with van der Waals surface area (Å²) in [6, 6.07) is 59.0. The molecule has 8 aromatic carbocycles. The fourth-order valence-corrected chi connectivity index (χ4v) is 18.1. The molecule has 8 heterocycles. The van der Waals surface area contributed by atoms with Crippen molar-refractivity contribution >= 4 is 71.0 Å². The van der Waals surface area contributed by atoms with Crippen LogP contribution in [0, 0.1) is 10.8 Å². The third-order valence-corrected chi connectivity index (χ3v) is 24.7. The number of aliphatic hydroxyl groups is 4. The van der Waals surface area contributed by atoms with Gasteiger partial charge in [-0.05, 0) is 254 Å². The topological polar surface area (TPSA) is 258 Å². The molecule has 0 atom stereocenters. The van der Waals surface area contributed by atoms with E-state index in [9.17, 15) is 44.7 Å². The summed E-state index contributed by atoms with van der Waals surface area (Å²) < 4.78 is 34.4. The van der Waals surface area contributed by atoms with E-state index < -0.39 is 22.8 Å². The van der Waals surface area contributed by atoms with Crippen molar-refractivity contribution in [2.75, 3.05) is 119 Å². The maximum atomic E-state index is 12.1. The van der Waals surface area contributed by atoms with E-state index in [1.807, 2.05) is 62.4 Å². The van der Waals surface area contributed by atoms with E-state index in [4.69, 9.17) is 33.5 Å². The molecular weight excluding hydrogens is 1610 g/mol. The number of piperidine rings is 4. The number of carboxylic acids is 2. The maximum Gasteiger partial charge on any atom is 0.312 e. The molecular formula is C102H122Cl2N4O16. The molecule has 0 amide bonds. The van der Waals surface area contributed by atoms with Crippen LogP contribution in [0.3, 0.4) is 0 Å². The van der Waals surface area contributed by atoms with Gasteiger partial charge in [0.05, 0.1) is 37.9 Å². The average Bonchev–Trinajstić information content (AvgIpc) is 1.53. The number of aliphatic hydroxyl groups excluding tert-OH is 4. The molecule has 660 valence electrons. The molecule has 0 saturated carbocycles. The van der Waals surface area contributed by atoms with Gasteiger partial charge in [0.25, 0.3) is 0 Å². The summed E-state index contributed by atoms with van der Waals surface area (Å²) in [6.45, 7) is 19.9. The van der Waals surface area contributed by atoms with Crippen LogP contribution in [0.2, 0.25) is 0 Å². The summed E-state index contributed by atoms with van der Waals surface area (Å²) >= 11 is 0. The first-order valence-electron chi connectivity index (χ1n) is 43.3. The normalized spacial score (nSPS) is 16.3. The predicted octanol–water partition coefficient (Wildman–Crippen LogP) is 16.2. The van der Waals surface area contributed by atoms with Crippen molar-refractivity contribution in [2.24, 2.45) is 10.8 Å². The lowest BCUT2D eigenvalue weighted by atomic mass is 9.85. The van der Waals surface area contributed by atoms with Crippen molar-refractivity contribution in [3.8, 4) is 23.0 Å². The average molecular weight is 1730 g/mol. The Morgan fingerprint density at radius 1 is 0.363 bits per heavy atom. The van der Waals surface area contributed by atoms with Gasteiger partial charge in [0.1, 0.15) is 49.4 Å². The second-order valence-corrected chi connectivity index (χ2v) is 34.3. The Hall–Kier alpha value is -9.94. The monoisotopic (exact) mass is 1730 g/mol. The Balaban J connectivity index is 0.000000160. The van der Waals surface area contributed by atoms with Gasteiger partial charge in [-0.1, -0.05) is 131 Å². The van der Waals surface area contributed by atoms with Crippen molar-refractivity contribution in [3.63, 3.8) is 0 Å². The number of nitrogens with zero attached hydrogens (tertiary/aromatic N) is 4. The third-order valence-electron chi connectivity index (χ3n) is 24.7. The number of carboxylic acid groups (broad SMARTS) is 2. The van der Waals surface area contributed by atoms with Crippen molar-refractivity contribution < 1.29 is 78.2 Å². The maximum absolute atomic E-state index is 12.1. The highest BCUT2D eigenvalue weighted by Crippen LogP contribution is 2.47. The Labute approximate surface area is 742 Å². The molecule has 8 aliphatic rings. The molecule has 6 N–H and O–H groups in total. The number of hydrogen-bond donors (Lipinski definition) is 6. The van der Waals surface area contributed by atoms with Gasteiger partial charge in [-0.3, -0.25) is 19.2 Å². The lowest BCUT2D eigenvalue weighted by Gasteiger charge is -2.35. The summed E-state index contributed by atoms with van der Waals surface area (Å²) in [5.41, 5.74) is 27.9. The van der Waals surface area contributed by atoms with Crippen LogP contribution in [0.15, 0.2) is 192 Å². The van der Waals surface area contributed by atoms with E-state index in [2.05, 4.69) is 141 Å². The zero-order valence-corrected chi connectivity index (χ0v) is 74.2. The van der Waals surface area contributed by atoms with E-state index in [0.717, 1.165) is 189 Å². The highest BCUT2D eigenvalue weighted by atomic mass is 35.5. The number of methoxy groups -OCH3 is 2. The summed E-state index contributed by atoms with van der Waals surface area (Å²) in [5, 5.41) is 56.1. The SMILES string of the molecule is CC(C)(CN1CCC(=C2c3cccc(c3)COc3ccc(CCO)cc32)CC1)C(=O)O.COC(=O)C(C)(C)CN1CCC(=C2c3ccccc3COc3ccc(CCO)cc32)CC1.COC(=O)CCN1CCC(=C2c3ccccc3COc3ccc(CCO)cc32)CC1.Cl.Cl.O=C(O)CCN1CCC(=C2c3cccc(c3)COc3ccc(CCO)cc32)CC1. The number of fused-ring (bicyclic) bond motifs is 10. The zero-order chi connectivity index (χ0) is 85.9. The number of esters is 2. The Morgan fingerprint density at radius 2 is 0.694 bits per heavy atom. The van der Waals surface area contributed by atoms with E-state index in [1.165, 1.54) is 92.2 Å². The molecule has 0 unspecified atom stereocenters. The molecule has 8 aromatic rings. The lowest BCUT2D eigenvalue weighted by molar-refractivity contribution is -0.152. The molecule has 0 spiro atoms. The van der Waals surface area contributed by atoms with Crippen LogP contribution < -0.4 is 18.9 Å². The predicted molar refractivity (Wildman–Crippen MR) is 489 cm³/mol. The van der Waals surface area contributed by atoms with Gasteiger partial charge in [-0.15, -0.1) is 24.8 Å². The van der Waals surface area contributed by atoms with E-state index in [-0.39, 0.29) is 69.6 Å². The Kier molecular flexibility index (Phi) is 34.2. The second-order valence-electron chi connectivity index (χ2n) is 34.3. The van der Waals surface area contributed by atoms with Crippen molar-refractivity contribution in [1.82, 2.24) is 19.6 Å². The number of halogens is 2. The standard InChI is InChI=1S/C27H33NO4.C26H31NO4.C25H29NO4.C24H27NO4.2ClH/c1-27(2,26(30)31-3)18-28-13-10-20(11-14-28)25-22-7-5-4-6-21(22)17-32-24-9-8-19(12-15-29)16-23(24)25;1-26(2,25(29)30)17-27-11-8-20(9-12-27)24-21-5-3-4-19(14-21)16-31-23-7-6-18(10-13-28)15-22(23)24;1-29-24(28)10-14-26-12-8-19(9-13-26)25-21-5-3-2-4-20(21)17-30-23-7-6-18(11-15-27)16-22(23)25;26-13-9-17-4-5-22-21(15-17)24(20-3-1-2-18(14-20)16-29-22)19-6-10-25(11-7-19)12-8-23(27)28;;/h4-9,16,29H,10-15,17-18H2,1-3H3;3-7,14-15,28H,8-13,16-17H2,1-2H3,(H,29,30);2-7,16,27H,8-15,17H2,1H3;1-5,14-15,26H,6-13,16H2,(H,27,28);2*1H. The van der Waals surface area contributed by atoms with Gasteiger partial charge in [-0.25, -0.2) is 0 Å². The minimum Gasteiger partial charge on any atom is -0.488 e. The number of aliphatic carboxylic acids is 2. The summed E-state index contributed by atoms with van der Waals surface area (Å²) in [4.78, 5) is 55.2. The fraction of sp³-hybridized carbons (Fsp3) is 0.412. The van der Waals surface area contributed by atoms with Crippen LogP contribution in [0.1, 0.15) is 181 Å². The van der Waals surface area contributed by atoms with E-state index >= 15 is 0 Å². The van der Waals surface area contributed by atoms with Gasteiger partial charge < -0.3 is 78.7 Å². The molecule has 8 aliphatic heterocycles. The summed E-state index contributed by atoms with van der Waals surface area (Å²) in [6.07, 6.45) is 10.6. The molecule has 16 rings (SSSR count). The number of benzene rings is 8. The number of hydrogen-bond acceptors (Lipinski definition) is 18. The molecule has 124 heavy (non-hydrogen) atoms. The minimum atomic E-state index is -0.754. The van der Waals surface area contributed by atoms with Gasteiger partial charge in [-0.2, -0.15) is 0 Å². The van der Waals surface area contributed by atoms with Crippen molar-refractivity contribution in [3.05, 3.63) is 281 Å². The highest BCUT2D eigenvalue weighted by Gasteiger charge is 2.36. The zero-order valence-electron chi connectivity index (χ0n) is 72.6. The Bertz CT molecular complexity index is 5160. The quantitative estimate of drug-likeness (QED) is 0.0388. The molecule has 0 aromatic heterocycles. The van der Waals surface area contributed by atoms with Gasteiger partial charge in [0.15, 0.2) is 0 Å². The molecule has 4 bridgehead atoms. The van der Waals surface area contributed by atoms with Crippen LogP contribution in [0.5, 0.6) is 23.0 Å². The second kappa shape index (κ2) is 44.8. The highest BCUT2D eigenvalue weighted by molar-refractivity contribution is 5.91. The van der Waals surface area contributed by atoms with E-state index in [0.29, 0.717) is 78.2 Å². The van der Waals surface area contributed by atoms with Crippen LogP contribution >= 0.6 is 24.8 Å². The van der Waals surface area contributed by atoms with Gasteiger partial charge >= 0.3 is 23.9 Å². The largest absolute Gasteiger partial charge is 0.488 e. The number of carbonyl (C=O) groups excluding carboxylic acids is 2. The smallest absolute Gasteiger partial charge is 0.312 e. The molecule has 0 radical (unpaired) electrons. The van der Waals surface area contributed by atoms with Crippen LogP contribution in [0.4, 0.5) is 0 Å². The molecule has 0 aliphatic carbocycles. The third kappa shape index (κ3) is 24.0. The van der Waals surface area contributed by atoms with Crippen LogP contribution in [-0.2, 0) is 80.8 Å². The first-order chi connectivity index (χ1) is 59.1. The summed E-state index contributed by atoms with van der Waals surface area (Å²) in [5.74, 6) is 1.76. The van der Waals surface area contributed by atoms with E-state index in [1.54, 1.807) is 13.8 Å². The van der Waals surface area contributed by atoms with Gasteiger partial charge in [0.2, 0.25) is 0 Å². The molecule has 22 heteroatoms. The Morgan fingerprint density at radius 3 is 1.04 bits per heavy atom. The summed E-state index contributed by atoms with van der Waals surface area (Å²) in [7, 11) is 2.89. The number of carbonyl (C=O) groups is 4. The molecule has 4 saturated heterocycles. The number of ether oxygens (including phenoxy) is 6.